The molecular formula is C45H80N2O6P+. The number of amides is 1. The van der Waals surface area contributed by atoms with Crippen LogP contribution in [0.5, 0.6) is 0 Å². The van der Waals surface area contributed by atoms with Gasteiger partial charge in [-0.15, -0.1) is 0 Å². The van der Waals surface area contributed by atoms with Gasteiger partial charge >= 0.3 is 7.82 Å². The number of hydrogen-bond acceptors (Lipinski definition) is 5. The maximum atomic E-state index is 12.8. The van der Waals surface area contributed by atoms with Crippen LogP contribution in [0.3, 0.4) is 0 Å². The molecule has 0 aliphatic carbocycles. The Morgan fingerprint density at radius 3 is 1.70 bits per heavy atom. The first kappa shape index (κ1) is 51.7. The Morgan fingerprint density at radius 2 is 1.15 bits per heavy atom. The quantitative estimate of drug-likeness (QED) is 0.0253. The molecule has 0 aromatic heterocycles. The minimum atomic E-state index is -4.35. The summed E-state index contributed by atoms with van der Waals surface area (Å²) in [6.45, 7) is 4.40. The fourth-order valence-corrected chi connectivity index (χ4v) is 6.10. The maximum absolute atomic E-state index is 12.8. The van der Waals surface area contributed by atoms with E-state index in [1.165, 1.54) is 44.9 Å². The first-order valence-electron chi connectivity index (χ1n) is 20.9. The molecule has 0 saturated carbocycles. The van der Waals surface area contributed by atoms with Gasteiger partial charge in [0.25, 0.3) is 0 Å². The number of nitrogens with zero attached hydrogens (tertiary/aromatic N) is 1. The van der Waals surface area contributed by atoms with Gasteiger partial charge in [-0.05, 0) is 77.6 Å². The number of phosphoric ester groups is 1. The number of likely N-dealkylation sites (N-methyl/N-ethyl adjacent to an activating group) is 1. The van der Waals surface area contributed by atoms with E-state index in [0.29, 0.717) is 17.4 Å². The number of hydrogen-bond donors (Lipinski definition) is 3. The van der Waals surface area contributed by atoms with E-state index in [9.17, 15) is 19.4 Å². The van der Waals surface area contributed by atoms with Crippen molar-refractivity contribution >= 4 is 13.7 Å². The number of quaternary nitrogens is 1. The Morgan fingerprint density at radius 1 is 0.667 bits per heavy atom. The van der Waals surface area contributed by atoms with Gasteiger partial charge in [-0.2, -0.15) is 0 Å². The van der Waals surface area contributed by atoms with Crippen LogP contribution in [0.4, 0.5) is 0 Å². The zero-order chi connectivity index (χ0) is 40.0. The smallest absolute Gasteiger partial charge is 0.387 e. The molecule has 3 unspecified atom stereocenters. The summed E-state index contributed by atoms with van der Waals surface area (Å²) in [7, 11) is 1.52. The van der Waals surface area contributed by atoms with E-state index in [4.69, 9.17) is 9.05 Å². The van der Waals surface area contributed by atoms with Crippen molar-refractivity contribution < 1.29 is 32.9 Å². The average Bonchev–Trinajstić information content (AvgIpc) is 3.12. The second-order valence-electron chi connectivity index (χ2n) is 15.0. The lowest BCUT2D eigenvalue weighted by atomic mass is 10.0. The van der Waals surface area contributed by atoms with Crippen LogP contribution in [-0.2, 0) is 18.4 Å². The number of carbonyl (C=O) groups is 1. The molecule has 0 heterocycles. The molecule has 3 N–H and O–H groups in total. The highest BCUT2D eigenvalue weighted by molar-refractivity contribution is 7.47. The standard InChI is InChI=1S/C45H79N2O6P/c1-6-8-10-12-14-16-17-18-19-20-21-22-23-24-25-26-27-28-29-31-33-35-37-39-45(49)46-43(42-53-54(50,51)52-41-40-47(3,4)5)44(48)38-36-34-32-30-15-13-11-9-7-2/h7-10,14-16,18-19,21-22,30,36,38,43-44,48H,6,11-13,17,20,23-29,31-35,37,39-42H2,1-5H3,(H-,46,49,50,51)/p+1/b9-7+,10-8-,16-14-,19-18-,22-21-,30-15+,38-36+. The number of unbranched alkanes of at least 4 members (excludes halogenated alkanes) is 12. The van der Waals surface area contributed by atoms with Crippen molar-refractivity contribution in [3.8, 4) is 0 Å². The van der Waals surface area contributed by atoms with Gasteiger partial charge in [-0.3, -0.25) is 13.8 Å². The second kappa shape index (κ2) is 36.3. The van der Waals surface area contributed by atoms with Crippen molar-refractivity contribution in [1.82, 2.24) is 5.32 Å². The van der Waals surface area contributed by atoms with E-state index in [-0.39, 0.29) is 19.1 Å². The Balaban J connectivity index is 4.31. The number of carbonyl (C=O) groups excluding carboxylic acids is 1. The topological polar surface area (TPSA) is 105 Å². The summed E-state index contributed by atoms with van der Waals surface area (Å²) in [4.78, 5) is 23.0. The Labute approximate surface area is 331 Å². The first-order valence-corrected chi connectivity index (χ1v) is 22.4. The van der Waals surface area contributed by atoms with E-state index >= 15 is 0 Å². The third-order valence-corrected chi connectivity index (χ3v) is 9.66. The molecule has 1 amide bonds. The normalized spacial score (nSPS) is 15.3. The summed E-state index contributed by atoms with van der Waals surface area (Å²) < 4.78 is 23.4. The summed E-state index contributed by atoms with van der Waals surface area (Å²) in [6.07, 6.45) is 49.7. The highest BCUT2D eigenvalue weighted by Crippen LogP contribution is 2.43. The van der Waals surface area contributed by atoms with E-state index in [1.807, 2.05) is 40.2 Å². The minimum absolute atomic E-state index is 0.0479. The van der Waals surface area contributed by atoms with Gasteiger partial charge in [0.15, 0.2) is 0 Å². The number of allylic oxidation sites excluding steroid dienone is 13. The average molecular weight is 776 g/mol. The van der Waals surface area contributed by atoms with Gasteiger partial charge < -0.3 is 19.8 Å². The van der Waals surface area contributed by atoms with Crippen LogP contribution >= 0.6 is 7.82 Å². The molecule has 3 atom stereocenters. The Hall–Kier alpha value is -2.32. The van der Waals surface area contributed by atoms with Crippen molar-refractivity contribution in [2.75, 3.05) is 40.9 Å². The first-order chi connectivity index (χ1) is 26.0. The molecule has 0 aliphatic heterocycles. The van der Waals surface area contributed by atoms with Crippen molar-refractivity contribution in [3.63, 3.8) is 0 Å². The van der Waals surface area contributed by atoms with Gasteiger partial charge in [0, 0.05) is 6.42 Å². The molecular weight excluding hydrogens is 695 g/mol. The minimum Gasteiger partial charge on any atom is -0.387 e. The van der Waals surface area contributed by atoms with Gasteiger partial charge in [-0.1, -0.05) is 143 Å². The zero-order valence-electron chi connectivity index (χ0n) is 34.9. The molecule has 0 aromatic carbocycles. The molecule has 0 saturated heterocycles. The van der Waals surface area contributed by atoms with Crippen LogP contribution in [0.2, 0.25) is 0 Å². The van der Waals surface area contributed by atoms with Crippen molar-refractivity contribution in [3.05, 3.63) is 85.1 Å². The number of aliphatic hydroxyl groups excluding tert-OH is 1. The highest BCUT2D eigenvalue weighted by atomic mass is 31.2. The fourth-order valence-electron chi connectivity index (χ4n) is 5.36. The van der Waals surface area contributed by atoms with Crippen molar-refractivity contribution in [2.24, 2.45) is 0 Å². The SMILES string of the molecule is C/C=C/CC/C=C/CC/C=C/C(O)C(COP(=O)(O)OCC[N+](C)(C)C)NC(=O)CCCCCCCCCCCC/C=C\C/C=C\C/C=C\C/C=C\CC. The van der Waals surface area contributed by atoms with Crippen LogP contribution in [0.25, 0.3) is 0 Å². The second-order valence-corrected chi connectivity index (χ2v) is 16.4. The summed E-state index contributed by atoms with van der Waals surface area (Å²) in [5.74, 6) is -0.205. The number of rotatable bonds is 36. The van der Waals surface area contributed by atoms with E-state index in [1.54, 1.807) is 6.08 Å². The number of aliphatic hydroxyl groups is 1. The molecule has 310 valence electrons. The lowest BCUT2D eigenvalue weighted by molar-refractivity contribution is -0.870. The predicted molar refractivity (Wildman–Crippen MR) is 230 cm³/mol. The largest absolute Gasteiger partial charge is 0.472 e. The summed E-state index contributed by atoms with van der Waals surface area (Å²) in [6, 6.07) is -0.874. The lowest BCUT2D eigenvalue weighted by Gasteiger charge is -2.25. The molecule has 0 rings (SSSR count). The van der Waals surface area contributed by atoms with Crippen LogP contribution in [0.15, 0.2) is 85.1 Å². The predicted octanol–water partition coefficient (Wildman–Crippen LogP) is 11.4. The summed E-state index contributed by atoms with van der Waals surface area (Å²) in [5.41, 5.74) is 0. The summed E-state index contributed by atoms with van der Waals surface area (Å²) >= 11 is 0. The van der Waals surface area contributed by atoms with E-state index in [0.717, 1.165) is 77.0 Å². The van der Waals surface area contributed by atoms with Gasteiger partial charge in [0.05, 0.1) is 39.9 Å². The van der Waals surface area contributed by atoms with E-state index < -0.39 is 20.0 Å². The van der Waals surface area contributed by atoms with Gasteiger partial charge in [0.2, 0.25) is 5.91 Å². The molecule has 0 aromatic rings. The third kappa shape index (κ3) is 38.0. The molecule has 54 heavy (non-hydrogen) atoms. The van der Waals surface area contributed by atoms with Crippen LogP contribution in [-0.4, -0.2) is 73.4 Å². The third-order valence-electron chi connectivity index (χ3n) is 8.67. The van der Waals surface area contributed by atoms with Crippen molar-refractivity contribution in [1.29, 1.82) is 0 Å². The van der Waals surface area contributed by atoms with Crippen LogP contribution in [0.1, 0.15) is 142 Å². The summed E-state index contributed by atoms with van der Waals surface area (Å²) in [5, 5.41) is 13.7. The molecule has 9 heteroatoms. The molecule has 0 radical (unpaired) electrons. The Bertz CT molecular complexity index is 1150. The van der Waals surface area contributed by atoms with Gasteiger partial charge in [-0.25, -0.2) is 4.57 Å². The zero-order valence-corrected chi connectivity index (χ0v) is 35.8. The molecule has 0 aliphatic rings. The van der Waals surface area contributed by atoms with Crippen molar-refractivity contribution in [2.45, 2.75) is 154 Å². The fraction of sp³-hybridized carbons (Fsp3) is 0.667. The van der Waals surface area contributed by atoms with Crippen LogP contribution in [0, 0.1) is 0 Å². The number of phosphoric acid groups is 1. The maximum Gasteiger partial charge on any atom is 0.472 e. The molecule has 8 nitrogen and oxygen atoms in total. The van der Waals surface area contributed by atoms with E-state index in [2.05, 4.69) is 79.1 Å². The van der Waals surface area contributed by atoms with Crippen LogP contribution < -0.4 is 5.32 Å². The Kier molecular flexibility index (Phi) is 34.8. The molecule has 0 bridgehead atoms. The van der Waals surface area contributed by atoms with Gasteiger partial charge in [0.1, 0.15) is 13.2 Å². The lowest BCUT2D eigenvalue weighted by Crippen LogP contribution is -2.45. The number of nitrogens with one attached hydrogen (secondary N) is 1. The monoisotopic (exact) mass is 776 g/mol. The highest BCUT2D eigenvalue weighted by Gasteiger charge is 2.27. The molecule has 0 fully saturated rings. The molecule has 0 spiro atoms.